The standard InChI is InChI=1S/C25H44N2O2/c1-2-3-5-8-22(28)9-10-23-24-18-20(17-21(24)19-25(23)29)11-12-26-13-16-27-14-6-4-7-15-27/h9-10,17,21-26,28-29H,2-8,11-16,18-19H2,1H3/t21-,22-,23+,24-,25+/m0/s1. The Kier molecular flexibility index (Phi) is 9.71. The lowest BCUT2D eigenvalue weighted by Gasteiger charge is -2.26. The fourth-order valence-electron chi connectivity index (χ4n) is 5.54. The van der Waals surface area contributed by atoms with Crippen molar-refractivity contribution < 1.29 is 10.2 Å². The van der Waals surface area contributed by atoms with Gasteiger partial charge in [-0.15, -0.1) is 0 Å². The topological polar surface area (TPSA) is 55.7 Å². The number of nitrogens with zero attached hydrogens (tertiary/aromatic N) is 1. The first-order valence-corrected chi connectivity index (χ1v) is 12.3. The Morgan fingerprint density at radius 2 is 2.03 bits per heavy atom. The Hall–Kier alpha value is -0.680. The van der Waals surface area contributed by atoms with E-state index >= 15 is 0 Å². The molecule has 0 bridgehead atoms. The molecule has 3 rings (SSSR count). The maximum Gasteiger partial charge on any atom is 0.0721 e. The van der Waals surface area contributed by atoms with E-state index in [1.54, 1.807) is 5.57 Å². The second-order valence-corrected chi connectivity index (χ2v) is 9.59. The van der Waals surface area contributed by atoms with E-state index in [1.807, 2.05) is 6.08 Å². The van der Waals surface area contributed by atoms with Crippen LogP contribution in [0.3, 0.4) is 0 Å². The zero-order valence-corrected chi connectivity index (χ0v) is 18.6. The number of aliphatic hydroxyl groups is 2. The third-order valence-electron chi connectivity index (χ3n) is 7.29. The molecule has 0 aromatic heterocycles. The molecule has 0 unspecified atom stereocenters. The van der Waals surface area contributed by atoms with Gasteiger partial charge >= 0.3 is 0 Å². The summed E-state index contributed by atoms with van der Waals surface area (Å²) >= 11 is 0. The van der Waals surface area contributed by atoms with Crippen LogP contribution >= 0.6 is 0 Å². The Morgan fingerprint density at radius 3 is 2.83 bits per heavy atom. The Morgan fingerprint density at radius 1 is 1.21 bits per heavy atom. The molecule has 4 heteroatoms. The highest BCUT2D eigenvalue weighted by Gasteiger charge is 2.43. The average Bonchev–Trinajstić information content (AvgIpc) is 3.23. The van der Waals surface area contributed by atoms with Gasteiger partial charge in [-0.1, -0.05) is 56.4 Å². The van der Waals surface area contributed by atoms with E-state index in [1.165, 1.54) is 51.7 Å². The smallest absolute Gasteiger partial charge is 0.0721 e. The van der Waals surface area contributed by atoms with Crippen molar-refractivity contribution in [3.63, 3.8) is 0 Å². The lowest BCUT2D eigenvalue weighted by Crippen LogP contribution is -2.36. The molecule has 3 aliphatic rings. The first-order valence-electron chi connectivity index (χ1n) is 12.3. The van der Waals surface area contributed by atoms with Gasteiger partial charge < -0.3 is 20.4 Å². The molecule has 29 heavy (non-hydrogen) atoms. The molecule has 1 aliphatic heterocycles. The molecule has 0 aromatic rings. The Bertz CT molecular complexity index is 527. The highest BCUT2D eigenvalue weighted by Crippen LogP contribution is 2.47. The van der Waals surface area contributed by atoms with Gasteiger partial charge in [-0.25, -0.2) is 0 Å². The molecular weight excluding hydrogens is 360 g/mol. The number of nitrogens with one attached hydrogen (secondary N) is 1. The van der Waals surface area contributed by atoms with Crippen LogP contribution in [-0.4, -0.2) is 60.0 Å². The number of likely N-dealkylation sites (tertiary alicyclic amines) is 1. The van der Waals surface area contributed by atoms with Crippen LogP contribution in [0.5, 0.6) is 0 Å². The van der Waals surface area contributed by atoms with Crippen LogP contribution in [0.25, 0.3) is 0 Å². The van der Waals surface area contributed by atoms with Gasteiger partial charge in [0.2, 0.25) is 0 Å². The highest BCUT2D eigenvalue weighted by molar-refractivity contribution is 5.21. The molecule has 0 radical (unpaired) electrons. The summed E-state index contributed by atoms with van der Waals surface area (Å²) in [5.74, 6) is 1.27. The van der Waals surface area contributed by atoms with Gasteiger partial charge in [-0.05, 0) is 70.0 Å². The molecule has 3 N–H and O–H groups in total. The summed E-state index contributed by atoms with van der Waals surface area (Å²) in [4.78, 5) is 2.59. The maximum atomic E-state index is 10.5. The van der Waals surface area contributed by atoms with Crippen molar-refractivity contribution in [2.24, 2.45) is 17.8 Å². The summed E-state index contributed by atoms with van der Waals surface area (Å²) in [7, 11) is 0. The van der Waals surface area contributed by atoms with Gasteiger partial charge in [0.05, 0.1) is 12.2 Å². The van der Waals surface area contributed by atoms with Crippen LogP contribution in [0.1, 0.15) is 71.1 Å². The van der Waals surface area contributed by atoms with Crippen molar-refractivity contribution >= 4 is 0 Å². The first kappa shape index (κ1) is 23.0. The van der Waals surface area contributed by atoms with Crippen LogP contribution in [0.4, 0.5) is 0 Å². The van der Waals surface area contributed by atoms with Gasteiger partial charge in [-0.3, -0.25) is 0 Å². The summed E-state index contributed by atoms with van der Waals surface area (Å²) in [5.41, 5.74) is 1.57. The lowest BCUT2D eigenvalue weighted by molar-refractivity contribution is 0.139. The van der Waals surface area contributed by atoms with Crippen molar-refractivity contribution in [2.45, 2.75) is 83.3 Å². The van der Waals surface area contributed by atoms with Crippen LogP contribution < -0.4 is 5.32 Å². The van der Waals surface area contributed by atoms with Gasteiger partial charge in [0.15, 0.2) is 0 Å². The van der Waals surface area contributed by atoms with Crippen LogP contribution in [0, 0.1) is 17.8 Å². The molecule has 2 fully saturated rings. The molecule has 1 saturated heterocycles. The summed E-state index contributed by atoms with van der Waals surface area (Å²) in [6.45, 7) is 8.09. The Balaban J connectivity index is 1.34. The van der Waals surface area contributed by atoms with E-state index in [0.717, 1.165) is 45.2 Å². The fraction of sp³-hybridized carbons (Fsp3) is 0.840. The second-order valence-electron chi connectivity index (χ2n) is 9.59. The lowest BCUT2D eigenvalue weighted by atomic mass is 9.88. The quantitative estimate of drug-likeness (QED) is 0.341. The summed E-state index contributed by atoms with van der Waals surface area (Å²) in [6, 6.07) is 0. The molecule has 0 amide bonds. The number of hydrogen-bond donors (Lipinski definition) is 3. The Labute approximate surface area is 178 Å². The number of piperidine rings is 1. The molecule has 5 atom stereocenters. The minimum atomic E-state index is -0.356. The van der Waals surface area contributed by atoms with E-state index in [9.17, 15) is 10.2 Å². The highest BCUT2D eigenvalue weighted by atomic mass is 16.3. The van der Waals surface area contributed by atoms with Crippen LogP contribution in [0.15, 0.2) is 23.8 Å². The van der Waals surface area contributed by atoms with Crippen molar-refractivity contribution in [1.29, 1.82) is 0 Å². The number of fused-ring (bicyclic) bond motifs is 1. The average molecular weight is 405 g/mol. The molecular formula is C25H44N2O2. The van der Waals surface area contributed by atoms with Crippen LogP contribution in [-0.2, 0) is 0 Å². The van der Waals surface area contributed by atoms with E-state index in [4.69, 9.17) is 0 Å². The van der Waals surface area contributed by atoms with E-state index in [0.29, 0.717) is 11.8 Å². The predicted octanol–water partition coefficient (Wildman–Crippen LogP) is 3.89. The molecule has 2 aliphatic carbocycles. The molecule has 1 heterocycles. The molecule has 0 aromatic carbocycles. The SMILES string of the molecule is CCCCC[C@H](O)C=C[C@@H]1[C@H]2CC(CCNCCN3CCCCC3)=C[C@H]2C[C@H]1O. The molecule has 166 valence electrons. The molecule has 1 saturated carbocycles. The van der Waals surface area contributed by atoms with Gasteiger partial charge in [0, 0.05) is 19.0 Å². The molecule has 4 nitrogen and oxygen atoms in total. The minimum Gasteiger partial charge on any atom is -0.392 e. The van der Waals surface area contributed by atoms with Crippen molar-refractivity contribution in [3.05, 3.63) is 23.8 Å². The van der Waals surface area contributed by atoms with E-state index in [2.05, 4.69) is 29.3 Å². The molecule has 0 spiro atoms. The largest absolute Gasteiger partial charge is 0.392 e. The minimum absolute atomic E-state index is 0.210. The third kappa shape index (κ3) is 7.20. The second kappa shape index (κ2) is 12.2. The monoisotopic (exact) mass is 404 g/mol. The third-order valence-corrected chi connectivity index (χ3v) is 7.29. The van der Waals surface area contributed by atoms with E-state index in [-0.39, 0.29) is 18.1 Å². The number of aliphatic hydroxyl groups excluding tert-OH is 2. The first-order chi connectivity index (χ1) is 14.2. The van der Waals surface area contributed by atoms with Crippen LogP contribution in [0.2, 0.25) is 0 Å². The number of hydrogen-bond acceptors (Lipinski definition) is 4. The maximum absolute atomic E-state index is 10.5. The predicted molar refractivity (Wildman–Crippen MR) is 121 cm³/mol. The van der Waals surface area contributed by atoms with Crippen molar-refractivity contribution in [3.8, 4) is 0 Å². The fourth-order valence-corrected chi connectivity index (χ4v) is 5.54. The van der Waals surface area contributed by atoms with Gasteiger partial charge in [0.25, 0.3) is 0 Å². The normalized spacial score (nSPS) is 31.3. The van der Waals surface area contributed by atoms with Crippen molar-refractivity contribution in [1.82, 2.24) is 10.2 Å². The van der Waals surface area contributed by atoms with Gasteiger partial charge in [0.1, 0.15) is 0 Å². The number of unbranched alkanes of at least 4 members (excludes halogenated alkanes) is 2. The summed E-state index contributed by atoms with van der Waals surface area (Å²) in [5, 5.41) is 24.3. The number of rotatable bonds is 12. The number of allylic oxidation sites excluding steroid dienone is 1. The van der Waals surface area contributed by atoms with E-state index < -0.39 is 0 Å². The zero-order chi connectivity index (χ0) is 20.5. The zero-order valence-electron chi connectivity index (χ0n) is 18.6. The summed E-state index contributed by atoms with van der Waals surface area (Å²) in [6.07, 6.45) is 17.5. The summed E-state index contributed by atoms with van der Waals surface area (Å²) < 4.78 is 0. The van der Waals surface area contributed by atoms with Gasteiger partial charge in [-0.2, -0.15) is 0 Å². The van der Waals surface area contributed by atoms with Crippen molar-refractivity contribution in [2.75, 3.05) is 32.7 Å².